The summed E-state index contributed by atoms with van der Waals surface area (Å²) in [6, 6.07) is 8.54. The molecule has 2 N–H and O–H groups in total. The summed E-state index contributed by atoms with van der Waals surface area (Å²) in [4.78, 5) is 13.5. The number of nitrogens with one attached hydrogen (secondary N) is 2. The summed E-state index contributed by atoms with van der Waals surface area (Å²) in [5, 5.41) is 6.31. The van der Waals surface area contributed by atoms with Crippen LogP contribution in [0.25, 0.3) is 0 Å². The van der Waals surface area contributed by atoms with Crippen LogP contribution in [0.15, 0.2) is 36.4 Å². The average Bonchev–Trinajstić information content (AvgIpc) is 2.64. The first-order valence-corrected chi connectivity index (χ1v) is 10.3. The first-order valence-electron chi connectivity index (χ1n) is 9.18. The molecule has 4 nitrogen and oxygen atoms in total. The molecule has 0 saturated carbocycles. The largest absolute Gasteiger partial charge is 0.369 e. The van der Waals surface area contributed by atoms with E-state index in [4.69, 9.17) is 23.2 Å². The van der Waals surface area contributed by atoms with Crippen LogP contribution in [0.1, 0.15) is 31.7 Å². The van der Waals surface area contributed by atoms with E-state index in [1.807, 2.05) is 0 Å². The monoisotopic (exact) mass is 399 g/mol. The van der Waals surface area contributed by atoms with E-state index in [2.05, 4.69) is 46.4 Å². The second-order valence-corrected chi connectivity index (χ2v) is 7.06. The van der Waals surface area contributed by atoms with E-state index in [0.717, 1.165) is 51.1 Å². The topological polar surface area (TPSA) is 44.4 Å². The second-order valence-electron chi connectivity index (χ2n) is 6.31. The van der Waals surface area contributed by atoms with Crippen LogP contribution in [0, 0.1) is 0 Å². The summed E-state index contributed by atoms with van der Waals surface area (Å²) in [7, 11) is 0. The molecule has 146 valence electrons. The summed E-state index contributed by atoms with van der Waals surface area (Å²) in [6.45, 7) is 9.50. The maximum Gasteiger partial charge on any atom is 0.246 e. The standard InChI is InChI=1S/C20H31Cl2N3O/c1-17(2)20(26)24-13-5-3-4-12-23-16-18-6-8-19(9-7-18)25(14-10-21)15-11-22/h6-9,23H,1,3-5,10-16H2,2H3,(H,24,26). The van der Waals surface area contributed by atoms with E-state index in [0.29, 0.717) is 23.9 Å². The minimum atomic E-state index is -0.0535. The smallest absolute Gasteiger partial charge is 0.246 e. The highest BCUT2D eigenvalue weighted by Gasteiger charge is 2.05. The molecule has 0 aliphatic carbocycles. The number of rotatable bonds is 14. The summed E-state index contributed by atoms with van der Waals surface area (Å²) in [5.74, 6) is 1.14. The fraction of sp³-hybridized carbons (Fsp3) is 0.550. The number of halogens is 2. The first-order chi connectivity index (χ1) is 12.6. The Morgan fingerprint density at radius 2 is 1.65 bits per heavy atom. The van der Waals surface area contributed by atoms with Crippen LogP contribution in [0.2, 0.25) is 0 Å². The molecule has 0 aromatic heterocycles. The Morgan fingerprint density at radius 3 is 2.23 bits per heavy atom. The van der Waals surface area contributed by atoms with E-state index in [1.54, 1.807) is 6.92 Å². The molecule has 26 heavy (non-hydrogen) atoms. The molecule has 0 aliphatic heterocycles. The lowest BCUT2D eigenvalue weighted by molar-refractivity contribution is -0.117. The normalized spacial score (nSPS) is 10.6. The third-order valence-corrected chi connectivity index (χ3v) is 4.38. The maximum absolute atomic E-state index is 11.3. The molecule has 0 bridgehead atoms. The van der Waals surface area contributed by atoms with Gasteiger partial charge in [-0.2, -0.15) is 0 Å². The molecule has 0 radical (unpaired) electrons. The molecule has 1 aromatic rings. The lowest BCUT2D eigenvalue weighted by Gasteiger charge is -2.23. The summed E-state index contributed by atoms with van der Waals surface area (Å²) in [6.07, 6.45) is 3.18. The van der Waals surface area contributed by atoms with Gasteiger partial charge in [-0.25, -0.2) is 0 Å². The molecule has 0 saturated heterocycles. The predicted octanol–water partition coefficient (Wildman–Crippen LogP) is 3.92. The van der Waals surface area contributed by atoms with Crippen molar-refractivity contribution in [2.24, 2.45) is 0 Å². The Kier molecular flexibility index (Phi) is 12.2. The first kappa shape index (κ1) is 22.8. The summed E-state index contributed by atoms with van der Waals surface area (Å²) >= 11 is 11.7. The number of nitrogens with zero attached hydrogens (tertiary/aromatic N) is 1. The number of carbonyl (C=O) groups excluding carboxylic acids is 1. The minimum absolute atomic E-state index is 0.0535. The van der Waals surface area contributed by atoms with Crippen LogP contribution in [0.5, 0.6) is 0 Å². The SMILES string of the molecule is C=C(C)C(=O)NCCCCCNCc1ccc(N(CCCl)CCCl)cc1. The van der Waals surface area contributed by atoms with Gasteiger partial charge in [0.05, 0.1) is 0 Å². The van der Waals surface area contributed by atoms with Gasteiger partial charge in [-0.05, 0) is 44.0 Å². The third kappa shape index (κ3) is 9.46. The van der Waals surface area contributed by atoms with E-state index in [1.165, 1.54) is 5.56 Å². The van der Waals surface area contributed by atoms with Crippen LogP contribution in [0.3, 0.4) is 0 Å². The second kappa shape index (κ2) is 13.9. The number of benzene rings is 1. The van der Waals surface area contributed by atoms with Crippen molar-refractivity contribution in [2.75, 3.05) is 42.8 Å². The average molecular weight is 400 g/mol. The third-order valence-electron chi connectivity index (χ3n) is 4.04. The molecule has 0 atom stereocenters. The maximum atomic E-state index is 11.3. The van der Waals surface area contributed by atoms with Crippen molar-refractivity contribution < 1.29 is 4.79 Å². The Morgan fingerprint density at radius 1 is 1.04 bits per heavy atom. The summed E-state index contributed by atoms with van der Waals surface area (Å²) < 4.78 is 0. The van der Waals surface area contributed by atoms with Crippen molar-refractivity contribution in [1.82, 2.24) is 10.6 Å². The van der Waals surface area contributed by atoms with Crippen molar-refractivity contribution in [1.29, 1.82) is 0 Å². The predicted molar refractivity (Wildman–Crippen MR) is 113 cm³/mol. The van der Waals surface area contributed by atoms with Gasteiger partial charge in [0, 0.05) is 49.2 Å². The highest BCUT2D eigenvalue weighted by Crippen LogP contribution is 2.15. The molecule has 0 fully saturated rings. The Bertz CT molecular complexity index is 528. The number of amides is 1. The summed E-state index contributed by atoms with van der Waals surface area (Å²) in [5.41, 5.74) is 2.98. The number of hydrogen-bond donors (Lipinski definition) is 2. The highest BCUT2D eigenvalue weighted by atomic mass is 35.5. The fourth-order valence-corrected chi connectivity index (χ4v) is 2.94. The number of alkyl halides is 2. The van der Waals surface area contributed by atoms with Crippen LogP contribution < -0.4 is 15.5 Å². The van der Waals surface area contributed by atoms with E-state index in [-0.39, 0.29) is 5.91 Å². The van der Waals surface area contributed by atoms with Gasteiger partial charge in [-0.15, -0.1) is 23.2 Å². The van der Waals surface area contributed by atoms with Crippen molar-refractivity contribution in [2.45, 2.75) is 32.7 Å². The molecule has 0 aliphatic rings. The van der Waals surface area contributed by atoms with Gasteiger partial charge >= 0.3 is 0 Å². The van der Waals surface area contributed by atoms with E-state index < -0.39 is 0 Å². The molecular formula is C20H31Cl2N3O. The molecule has 1 aromatic carbocycles. The van der Waals surface area contributed by atoms with Crippen molar-refractivity contribution in [3.63, 3.8) is 0 Å². The van der Waals surface area contributed by atoms with Crippen LogP contribution >= 0.6 is 23.2 Å². The van der Waals surface area contributed by atoms with Gasteiger partial charge in [0.15, 0.2) is 0 Å². The minimum Gasteiger partial charge on any atom is -0.369 e. The Labute approximate surface area is 167 Å². The van der Waals surface area contributed by atoms with Crippen molar-refractivity contribution in [3.05, 3.63) is 42.0 Å². The van der Waals surface area contributed by atoms with E-state index in [9.17, 15) is 4.79 Å². The molecule has 1 rings (SSSR count). The van der Waals surface area contributed by atoms with Crippen LogP contribution in [-0.2, 0) is 11.3 Å². The van der Waals surface area contributed by atoms with Crippen molar-refractivity contribution in [3.8, 4) is 0 Å². The fourth-order valence-electron chi connectivity index (χ4n) is 2.54. The quantitative estimate of drug-likeness (QED) is 0.283. The van der Waals surface area contributed by atoms with Gasteiger partial charge in [-0.1, -0.05) is 25.1 Å². The lowest BCUT2D eigenvalue weighted by atomic mass is 10.2. The Balaban J connectivity index is 2.17. The van der Waals surface area contributed by atoms with Gasteiger partial charge in [0.1, 0.15) is 0 Å². The molecule has 1 amide bonds. The molecule has 0 spiro atoms. The zero-order valence-corrected chi connectivity index (χ0v) is 17.2. The number of carbonyl (C=O) groups is 1. The van der Waals surface area contributed by atoms with Gasteiger partial charge in [0.25, 0.3) is 0 Å². The van der Waals surface area contributed by atoms with Crippen LogP contribution in [-0.4, -0.2) is 43.8 Å². The number of hydrogen-bond acceptors (Lipinski definition) is 3. The zero-order chi connectivity index (χ0) is 19.2. The van der Waals surface area contributed by atoms with Gasteiger partial charge < -0.3 is 15.5 Å². The Hall–Kier alpha value is -1.23. The lowest BCUT2D eigenvalue weighted by Crippen LogP contribution is -2.27. The molecule has 6 heteroatoms. The highest BCUT2D eigenvalue weighted by molar-refractivity contribution is 6.18. The van der Waals surface area contributed by atoms with Gasteiger partial charge in [-0.3, -0.25) is 4.79 Å². The zero-order valence-electron chi connectivity index (χ0n) is 15.7. The van der Waals surface area contributed by atoms with Crippen molar-refractivity contribution >= 4 is 34.8 Å². The number of anilines is 1. The van der Waals surface area contributed by atoms with E-state index >= 15 is 0 Å². The molecular weight excluding hydrogens is 369 g/mol. The molecule has 0 unspecified atom stereocenters. The van der Waals surface area contributed by atoms with Gasteiger partial charge in [0.2, 0.25) is 5.91 Å². The number of unbranched alkanes of at least 4 members (excludes halogenated alkanes) is 2. The molecule has 0 heterocycles. The van der Waals surface area contributed by atoms with Crippen LogP contribution in [0.4, 0.5) is 5.69 Å².